The van der Waals surface area contributed by atoms with Crippen LogP contribution in [0.2, 0.25) is 0 Å². The van der Waals surface area contributed by atoms with Gasteiger partial charge in [-0.2, -0.15) is 0 Å². The molecular weight excluding hydrogens is 246 g/mol. The summed E-state index contributed by atoms with van der Waals surface area (Å²) in [6.45, 7) is 0.582. The Morgan fingerprint density at radius 1 is 1.41 bits per heavy atom. The van der Waals surface area contributed by atoms with Crippen molar-refractivity contribution in [1.29, 1.82) is 0 Å². The first-order valence-electron chi connectivity index (χ1n) is 4.91. The third kappa shape index (κ3) is 3.77. The number of non-ortho nitro benzene ring substituents is 1. The zero-order chi connectivity index (χ0) is 12.9. The summed E-state index contributed by atoms with van der Waals surface area (Å²) < 4.78 is 25.7. The molecule has 0 radical (unpaired) electrons. The maximum Gasteiger partial charge on any atom is 0.270 e. The first-order valence-corrected chi connectivity index (χ1v) is 6.40. The number of hydrogen-bond donors (Lipinski definition) is 2. The molecule has 1 rings (SSSR count). The molecule has 0 aliphatic heterocycles. The van der Waals surface area contributed by atoms with Gasteiger partial charge >= 0.3 is 0 Å². The molecule has 0 unspecified atom stereocenters. The molecule has 94 valence electrons. The van der Waals surface area contributed by atoms with Crippen molar-refractivity contribution in [3.63, 3.8) is 0 Å². The van der Waals surface area contributed by atoms with Gasteiger partial charge in [0.1, 0.15) is 0 Å². The van der Waals surface area contributed by atoms with Gasteiger partial charge in [0.15, 0.2) is 0 Å². The molecule has 17 heavy (non-hydrogen) atoms. The number of nitrogens with one attached hydrogen (secondary N) is 1. The average Bonchev–Trinajstić information content (AvgIpc) is 2.29. The summed E-state index contributed by atoms with van der Waals surface area (Å²) >= 11 is 0. The van der Waals surface area contributed by atoms with Gasteiger partial charge in [0.25, 0.3) is 5.69 Å². The van der Waals surface area contributed by atoms with Gasteiger partial charge < -0.3 is 5.73 Å². The summed E-state index contributed by atoms with van der Waals surface area (Å²) in [7, 11) is -3.70. The van der Waals surface area contributed by atoms with Crippen molar-refractivity contribution < 1.29 is 13.3 Å². The van der Waals surface area contributed by atoms with Gasteiger partial charge in [0, 0.05) is 18.7 Å². The minimum absolute atomic E-state index is 0.122. The predicted molar refractivity (Wildman–Crippen MR) is 62.0 cm³/mol. The number of nitro benzene ring substituents is 1. The van der Waals surface area contributed by atoms with E-state index in [1.807, 2.05) is 0 Å². The fourth-order valence-corrected chi connectivity index (χ4v) is 2.27. The van der Waals surface area contributed by atoms with Crippen LogP contribution in [0.1, 0.15) is 6.42 Å². The highest BCUT2D eigenvalue weighted by Gasteiger charge is 2.16. The second kappa shape index (κ2) is 5.71. The van der Waals surface area contributed by atoms with Crippen molar-refractivity contribution in [2.45, 2.75) is 11.3 Å². The first-order chi connectivity index (χ1) is 7.97. The van der Waals surface area contributed by atoms with E-state index in [0.29, 0.717) is 13.0 Å². The highest BCUT2D eigenvalue weighted by atomic mass is 32.2. The van der Waals surface area contributed by atoms with E-state index in [0.717, 1.165) is 6.07 Å². The van der Waals surface area contributed by atoms with Crippen LogP contribution in [0.3, 0.4) is 0 Å². The van der Waals surface area contributed by atoms with Crippen LogP contribution in [0.4, 0.5) is 5.69 Å². The fourth-order valence-electron chi connectivity index (χ4n) is 1.16. The largest absolute Gasteiger partial charge is 0.330 e. The van der Waals surface area contributed by atoms with Crippen LogP contribution in [0.25, 0.3) is 0 Å². The van der Waals surface area contributed by atoms with Crippen LogP contribution < -0.4 is 10.5 Å². The van der Waals surface area contributed by atoms with E-state index >= 15 is 0 Å². The van der Waals surface area contributed by atoms with Gasteiger partial charge in [-0.05, 0) is 19.0 Å². The van der Waals surface area contributed by atoms with Gasteiger partial charge in [0.2, 0.25) is 10.0 Å². The summed E-state index contributed by atoms with van der Waals surface area (Å²) in [5, 5.41) is 10.5. The number of hydrogen-bond acceptors (Lipinski definition) is 5. The van der Waals surface area contributed by atoms with Crippen LogP contribution in [0.5, 0.6) is 0 Å². The minimum Gasteiger partial charge on any atom is -0.330 e. The molecule has 0 spiro atoms. The molecule has 0 aromatic heterocycles. The number of nitro groups is 1. The summed E-state index contributed by atoms with van der Waals surface area (Å²) in [4.78, 5) is 9.75. The Labute approximate surface area is 98.8 Å². The van der Waals surface area contributed by atoms with E-state index in [2.05, 4.69) is 4.72 Å². The zero-order valence-corrected chi connectivity index (χ0v) is 9.81. The van der Waals surface area contributed by atoms with Crippen LogP contribution >= 0.6 is 0 Å². The monoisotopic (exact) mass is 259 g/mol. The maximum atomic E-state index is 11.7. The second-order valence-electron chi connectivity index (χ2n) is 3.29. The Hall–Kier alpha value is -1.51. The Morgan fingerprint density at radius 2 is 2.12 bits per heavy atom. The maximum absolute atomic E-state index is 11.7. The molecule has 1 aromatic carbocycles. The lowest BCUT2D eigenvalue weighted by Gasteiger charge is -2.05. The van der Waals surface area contributed by atoms with Crippen LogP contribution in [-0.2, 0) is 10.0 Å². The molecule has 3 N–H and O–H groups in total. The Morgan fingerprint density at radius 3 is 2.71 bits per heavy atom. The van der Waals surface area contributed by atoms with Crippen LogP contribution in [-0.4, -0.2) is 26.4 Å². The van der Waals surface area contributed by atoms with Crippen molar-refractivity contribution in [2.24, 2.45) is 5.73 Å². The molecule has 1 aromatic rings. The highest BCUT2D eigenvalue weighted by molar-refractivity contribution is 7.89. The van der Waals surface area contributed by atoms with Crippen molar-refractivity contribution in [1.82, 2.24) is 4.72 Å². The number of nitrogens with zero attached hydrogens (tertiary/aromatic N) is 1. The zero-order valence-electron chi connectivity index (χ0n) is 9.00. The third-order valence-corrected chi connectivity index (χ3v) is 3.47. The van der Waals surface area contributed by atoms with E-state index < -0.39 is 14.9 Å². The Balaban J connectivity index is 2.91. The van der Waals surface area contributed by atoms with E-state index in [9.17, 15) is 18.5 Å². The van der Waals surface area contributed by atoms with Crippen molar-refractivity contribution in [2.75, 3.05) is 13.1 Å². The van der Waals surface area contributed by atoms with Gasteiger partial charge in [-0.1, -0.05) is 6.07 Å². The van der Waals surface area contributed by atoms with Crippen molar-refractivity contribution >= 4 is 15.7 Å². The van der Waals surface area contributed by atoms with Crippen LogP contribution in [0.15, 0.2) is 29.2 Å². The molecule has 0 fully saturated rings. The molecule has 0 bridgehead atoms. The first kappa shape index (κ1) is 13.6. The quantitative estimate of drug-likeness (QED) is 0.431. The normalized spacial score (nSPS) is 11.4. The molecule has 0 atom stereocenters. The van der Waals surface area contributed by atoms with Crippen molar-refractivity contribution in [3.05, 3.63) is 34.4 Å². The number of benzene rings is 1. The van der Waals surface area contributed by atoms with E-state index in [-0.39, 0.29) is 17.1 Å². The Kier molecular flexibility index (Phi) is 4.55. The number of nitrogens with two attached hydrogens (primary N) is 1. The lowest BCUT2D eigenvalue weighted by Crippen LogP contribution is -2.26. The van der Waals surface area contributed by atoms with Gasteiger partial charge in [-0.3, -0.25) is 10.1 Å². The number of rotatable bonds is 6. The SMILES string of the molecule is NCCCNS(=O)(=O)c1cccc([N+](=O)[O-])c1. The molecule has 0 aliphatic carbocycles. The molecular formula is C9H13N3O4S. The second-order valence-corrected chi connectivity index (χ2v) is 5.06. The Bertz CT molecular complexity index is 501. The van der Waals surface area contributed by atoms with E-state index in [1.54, 1.807) is 0 Å². The molecule has 8 heteroatoms. The van der Waals surface area contributed by atoms with Crippen molar-refractivity contribution in [3.8, 4) is 0 Å². The van der Waals surface area contributed by atoms with E-state index in [4.69, 9.17) is 5.73 Å². The molecule has 0 aliphatic rings. The molecule has 0 heterocycles. The summed E-state index contributed by atoms with van der Waals surface area (Å²) in [5.74, 6) is 0. The van der Waals surface area contributed by atoms with Gasteiger partial charge in [-0.15, -0.1) is 0 Å². The predicted octanol–water partition coefficient (Wildman–Crippen LogP) is 0.222. The molecule has 0 saturated carbocycles. The molecule has 0 saturated heterocycles. The third-order valence-electron chi connectivity index (χ3n) is 2.01. The lowest BCUT2D eigenvalue weighted by molar-refractivity contribution is -0.385. The average molecular weight is 259 g/mol. The highest BCUT2D eigenvalue weighted by Crippen LogP contribution is 2.16. The van der Waals surface area contributed by atoms with E-state index in [1.165, 1.54) is 18.2 Å². The summed E-state index contributed by atoms with van der Waals surface area (Å²) in [5.41, 5.74) is 4.98. The topological polar surface area (TPSA) is 115 Å². The van der Waals surface area contributed by atoms with Crippen LogP contribution in [0, 0.1) is 10.1 Å². The standard InChI is InChI=1S/C9H13N3O4S/c10-5-2-6-11-17(15,16)9-4-1-3-8(7-9)12(13)14/h1,3-4,7,11H,2,5-6,10H2. The molecule has 7 nitrogen and oxygen atoms in total. The van der Waals surface area contributed by atoms with Gasteiger partial charge in [-0.25, -0.2) is 13.1 Å². The summed E-state index contributed by atoms with van der Waals surface area (Å²) in [6.07, 6.45) is 0.508. The fraction of sp³-hybridized carbons (Fsp3) is 0.333. The lowest BCUT2D eigenvalue weighted by atomic mass is 10.3. The smallest absolute Gasteiger partial charge is 0.270 e. The van der Waals surface area contributed by atoms with Gasteiger partial charge in [0.05, 0.1) is 9.82 Å². The molecule has 0 amide bonds. The summed E-state index contributed by atoms with van der Waals surface area (Å²) in [6, 6.07) is 4.89. The minimum atomic E-state index is -3.70. The number of sulfonamides is 1.